The van der Waals surface area contributed by atoms with Crippen LogP contribution in [0, 0.1) is 10.1 Å². The quantitative estimate of drug-likeness (QED) is 0.230. The molecule has 2 N–H and O–H groups in total. The first-order chi connectivity index (χ1) is 16.5. The van der Waals surface area contributed by atoms with Crippen LogP contribution in [-0.4, -0.2) is 35.3 Å². The number of carbonyl (C=O) groups excluding carboxylic acids is 2. The highest BCUT2D eigenvalue weighted by Crippen LogP contribution is 2.16. The van der Waals surface area contributed by atoms with Gasteiger partial charge in [0.1, 0.15) is 11.5 Å². The molecule has 0 aliphatic rings. The number of ether oxygens (including phenoxy) is 1. The Morgan fingerprint density at radius 3 is 2.53 bits per heavy atom. The Balaban J connectivity index is 1.32. The minimum atomic E-state index is -0.452. The lowest BCUT2D eigenvalue weighted by atomic mass is 10.2. The fraction of sp³-hybridized carbons (Fsp3) is 0.174. The number of furan rings is 1. The molecule has 3 rings (SSSR count). The molecule has 0 radical (unpaired) electrons. The number of thioether (sulfide) groups is 1. The van der Waals surface area contributed by atoms with Gasteiger partial charge in [0.15, 0.2) is 6.61 Å². The first-order valence-electron chi connectivity index (χ1n) is 10.1. The summed E-state index contributed by atoms with van der Waals surface area (Å²) in [5.74, 6) is 1.41. The van der Waals surface area contributed by atoms with Crippen molar-refractivity contribution in [3.8, 4) is 5.75 Å². The molecule has 0 aliphatic carbocycles. The third-order valence-corrected chi connectivity index (χ3v) is 5.35. The van der Waals surface area contributed by atoms with Crippen molar-refractivity contribution in [3.63, 3.8) is 0 Å². The van der Waals surface area contributed by atoms with Gasteiger partial charge in [-0.1, -0.05) is 12.1 Å². The number of hydrazone groups is 1. The minimum absolute atomic E-state index is 0.0343. The zero-order valence-electron chi connectivity index (χ0n) is 18.0. The second-order valence-electron chi connectivity index (χ2n) is 6.92. The first-order valence-corrected chi connectivity index (χ1v) is 11.3. The third-order valence-electron chi connectivity index (χ3n) is 4.34. The number of amides is 2. The van der Waals surface area contributed by atoms with Crippen LogP contribution in [0.1, 0.15) is 16.9 Å². The van der Waals surface area contributed by atoms with Gasteiger partial charge in [-0.05, 0) is 47.5 Å². The average molecular weight is 483 g/mol. The third kappa shape index (κ3) is 8.43. The summed E-state index contributed by atoms with van der Waals surface area (Å²) in [7, 11) is 0. The van der Waals surface area contributed by atoms with Gasteiger partial charge < -0.3 is 14.5 Å². The lowest BCUT2D eigenvalue weighted by Crippen LogP contribution is -2.28. The number of nitrogens with one attached hydrogen (secondary N) is 2. The Morgan fingerprint density at radius 2 is 1.85 bits per heavy atom. The summed E-state index contributed by atoms with van der Waals surface area (Å²) >= 11 is 1.38. The van der Waals surface area contributed by atoms with Crippen molar-refractivity contribution >= 4 is 35.5 Å². The van der Waals surface area contributed by atoms with Crippen molar-refractivity contribution in [1.29, 1.82) is 0 Å². The molecular formula is C23H22N4O6S. The molecule has 11 heteroatoms. The predicted octanol–water partition coefficient (Wildman–Crippen LogP) is 3.27. The molecule has 10 nitrogen and oxygen atoms in total. The number of carbonyl (C=O) groups is 2. The maximum absolute atomic E-state index is 11.9. The zero-order valence-corrected chi connectivity index (χ0v) is 18.8. The van der Waals surface area contributed by atoms with Crippen LogP contribution in [0.5, 0.6) is 5.75 Å². The Kier molecular flexibility index (Phi) is 9.23. The van der Waals surface area contributed by atoms with Gasteiger partial charge in [0.25, 0.3) is 11.6 Å². The molecular weight excluding hydrogens is 460 g/mol. The highest BCUT2D eigenvalue weighted by molar-refractivity contribution is 7.99. The molecule has 2 amide bonds. The number of nitro groups is 1. The van der Waals surface area contributed by atoms with Crippen LogP contribution in [0.15, 0.2) is 76.4 Å². The summed E-state index contributed by atoms with van der Waals surface area (Å²) in [6.07, 6.45) is 3.04. The highest BCUT2D eigenvalue weighted by atomic mass is 32.2. The second-order valence-corrected chi connectivity index (χ2v) is 7.91. The average Bonchev–Trinajstić information content (AvgIpc) is 3.36. The van der Waals surface area contributed by atoms with Crippen LogP contribution >= 0.6 is 11.8 Å². The molecule has 0 saturated carbocycles. The lowest BCUT2D eigenvalue weighted by Gasteiger charge is -2.06. The Bertz CT molecular complexity index is 1120. The normalized spacial score (nSPS) is 10.7. The number of nitro benzene ring substituents is 1. The fourth-order valence-electron chi connectivity index (χ4n) is 2.64. The van der Waals surface area contributed by atoms with Gasteiger partial charge in [0.2, 0.25) is 5.91 Å². The summed E-state index contributed by atoms with van der Waals surface area (Å²) in [5.41, 5.74) is 4.12. The molecule has 0 aliphatic heterocycles. The van der Waals surface area contributed by atoms with Gasteiger partial charge >= 0.3 is 0 Å². The van der Waals surface area contributed by atoms with Crippen LogP contribution in [-0.2, 0) is 21.9 Å². The standard InChI is InChI=1S/C23H22N4O6S/c28-22(24-13-21-2-1-11-32-21)14-33-20-9-5-17(6-10-20)12-25-26-23(29)16-34-15-18-3-7-19(8-4-18)27(30)31/h1-12H,13-16H2,(H,24,28)(H,26,29)/b25-12-. The van der Waals surface area contributed by atoms with Gasteiger partial charge in [-0.25, -0.2) is 5.43 Å². The number of rotatable bonds is 12. The molecule has 1 aromatic heterocycles. The fourth-order valence-corrected chi connectivity index (χ4v) is 3.42. The molecule has 0 saturated heterocycles. The smallest absolute Gasteiger partial charge is 0.269 e. The van der Waals surface area contributed by atoms with E-state index in [0.717, 1.165) is 11.1 Å². The van der Waals surface area contributed by atoms with E-state index in [-0.39, 0.29) is 29.9 Å². The molecule has 0 bridgehead atoms. The van der Waals surface area contributed by atoms with E-state index in [4.69, 9.17) is 9.15 Å². The lowest BCUT2D eigenvalue weighted by molar-refractivity contribution is -0.384. The molecule has 1 heterocycles. The highest BCUT2D eigenvalue weighted by Gasteiger charge is 2.06. The van der Waals surface area contributed by atoms with Crippen molar-refractivity contribution in [1.82, 2.24) is 10.7 Å². The molecule has 0 atom stereocenters. The van der Waals surface area contributed by atoms with E-state index in [1.807, 2.05) is 0 Å². The summed E-state index contributed by atoms with van der Waals surface area (Å²) in [6, 6.07) is 16.6. The number of nitrogens with zero attached hydrogens (tertiary/aromatic N) is 2. The molecule has 0 fully saturated rings. The van der Waals surface area contributed by atoms with Gasteiger partial charge in [0, 0.05) is 17.9 Å². The van der Waals surface area contributed by atoms with Crippen molar-refractivity contribution in [2.75, 3.05) is 12.4 Å². The van der Waals surface area contributed by atoms with Gasteiger partial charge in [-0.2, -0.15) is 5.10 Å². The van der Waals surface area contributed by atoms with E-state index in [0.29, 0.717) is 23.8 Å². The zero-order chi connectivity index (χ0) is 24.2. The van der Waals surface area contributed by atoms with Crippen LogP contribution in [0.4, 0.5) is 5.69 Å². The van der Waals surface area contributed by atoms with Crippen molar-refractivity contribution in [3.05, 3.63) is 93.9 Å². The van der Waals surface area contributed by atoms with E-state index < -0.39 is 4.92 Å². The van der Waals surface area contributed by atoms with E-state index >= 15 is 0 Å². The van der Waals surface area contributed by atoms with Crippen LogP contribution in [0.2, 0.25) is 0 Å². The summed E-state index contributed by atoms with van der Waals surface area (Å²) in [4.78, 5) is 33.9. The maximum atomic E-state index is 11.9. The number of hydrogen-bond donors (Lipinski definition) is 2. The number of hydrogen-bond acceptors (Lipinski definition) is 8. The second kappa shape index (κ2) is 12.8. The number of non-ortho nitro benzene ring substituents is 1. The monoisotopic (exact) mass is 482 g/mol. The van der Waals surface area contributed by atoms with E-state index in [9.17, 15) is 19.7 Å². The van der Waals surface area contributed by atoms with E-state index in [1.54, 1.807) is 48.5 Å². The van der Waals surface area contributed by atoms with Gasteiger partial charge in [0.05, 0.1) is 29.7 Å². The van der Waals surface area contributed by atoms with Crippen LogP contribution < -0.4 is 15.5 Å². The molecule has 0 unspecified atom stereocenters. The summed E-state index contributed by atoms with van der Waals surface area (Å²) in [5, 5.41) is 17.3. The molecule has 176 valence electrons. The number of benzene rings is 2. The largest absolute Gasteiger partial charge is 0.484 e. The van der Waals surface area contributed by atoms with E-state index in [1.165, 1.54) is 36.4 Å². The molecule has 3 aromatic rings. The maximum Gasteiger partial charge on any atom is 0.269 e. The first kappa shape index (κ1) is 24.5. The van der Waals surface area contributed by atoms with Crippen molar-refractivity contribution < 1.29 is 23.7 Å². The molecule has 2 aromatic carbocycles. The molecule has 34 heavy (non-hydrogen) atoms. The van der Waals surface area contributed by atoms with Crippen molar-refractivity contribution in [2.24, 2.45) is 5.10 Å². The van der Waals surface area contributed by atoms with Crippen molar-refractivity contribution in [2.45, 2.75) is 12.3 Å². The summed E-state index contributed by atoms with van der Waals surface area (Å²) < 4.78 is 10.6. The minimum Gasteiger partial charge on any atom is -0.484 e. The van der Waals surface area contributed by atoms with Gasteiger partial charge in [-0.15, -0.1) is 11.8 Å². The Morgan fingerprint density at radius 1 is 1.09 bits per heavy atom. The van der Waals surface area contributed by atoms with E-state index in [2.05, 4.69) is 15.8 Å². The summed E-state index contributed by atoms with van der Waals surface area (Å²) in [6.45, 7) is 0.174. The SMILES string of the molecule is O=C(COc1ccc(/C=N\NC(=O)CSCc2ccc([N+](=O)[O-])cc2)cc1)NCc1ccco1. The topological polar surface area (TPSA) is 136 Å². The Hall–Kier alpha value is -4.12. The molecule has 0 spiro atoms. The van der Waals surface area contributed by atoms with Crippen LogP contribution in [0.3, 0.4) is 0 Å². The van der Waals surface area contributed by atoms with Gasteiger partial charge in [-0.3, -0.25) is 19.7 Å². The predicted molar refractivity (Wildman–Crippen MR) is 127 cm³/mol. The Labute approximate surface area is 199 Å². The van der Waals surface area contributed by atoms with Crippen LogP contribution in [0.25, 0.3) is 0 Å².